The van der Waals surface area contributed by atoms with Gasteiger partial charge in [-0.3, -0.25) is 4.79 Å². The Kier molecular flexibility index (Phi) is 5.77. The number of amides is 2. The third-order valence-corrected chi connectivity index (χ3v) is 4.69. The molecule has 2 N–H and O–H groups in total. The van der Waals surface area contributed by atoms with Crippen LogP contribution in [0.3, 0.4) is 0 Å². The molecule has 2 amide bonds. The van der Waals surface area contributed by atoms with Crippen molar-refractivity contribution in [2.24, 2.45) is 11.3 Å². The SMILES string of the molecule is CC(C)(C)COC(=O)N1CCC(CC(=O)NC2Nc3ccccc3O2)CC1. The monoisotopic (exact) mass is 375 g/mol. The van der Waals surface area contributed by atoms with Gasteiger partial charge in [0.25, 0.3) is 6.35 Å². The van der Waals surface area contributed by atoms with E-state index in [1.54, 1.807) is 4.90 Å². The van der Waals surface area contributed by atoms with Crippen LogP contribution in [0.1, 0.15) is 40.0 Å². The van der Waals surface area contributed by atoms with E-state index in [2.05, 4.69) is 10.6 Å². The van der Waals surface area contributed by atoms with Gasteiger partial charge in [0.2, 0.25) is 5.91 Å². The van der Waals surface area contributed by atoms with Gasteiger partial charge in [-0.2, -0.15) is 0 Å². The summed E-state index contributed by atoms with van der Waals surface area (Å²) in [6.07, 6.45) is 1.26. The average molecular weight is 375 g/mol. The number of benzene rings is 1. The molecule has 0 radical (unpaired) electrons. The second-order valence-electron chi connectivity index (χ2n) is 8.46. The minimum atomic E-state index is -0.526. The number of nitrogens with zero attached hydrogens (tertiary/aromatic N) is 1. The maximum absolute atomic E-state index is 12.3. The summed E-state index contributed by atoms with van der Waals surface area (Å²) in [7, 11) is 0. The van der Waals surface area contributed by atoms with Crippen LogP contribution in [-0.2, 0) is 9.53 Å². The van der Waals surface area contributed by atoms with Gasteiger partial charge in [-0.1, -0.05) is 32.9 Å². The Balaban J connectivity index is 1.37. The average Bonchev–Trinajstić information content (AvgIpc) is 3.01. The molecule has 0 aliphatic carbocycles. The number of piperidine rings is 1. The zero-order valence-electron chi connectivity index (χ0n) is 16.3. The van der Waals surface area contributed by atoms with Gasteiger partial charge in [0.1, 0.15) is 5.75 Å². The van der Waals surface area contributed by atoms with Gasteiger partial charge in [0.05, 0.1) is 12.3 Å². The molecule has 1 atom stereocenters. The summed E-state index contributed by atoms with van der Waals surface area (Å²) in [4.78, 5) is 26.2. The first-order chi connectivity index (χ1) is 12.8. The van der Waals surface area contributed by atoms with E-state index >= 15 is 0 Å². The molecule has 1 saturated heterocycles. The van der Waals surface area contributed by atoms with E-state index in [9.17, 15) is 9.59 Å². The maximum Gasteiger partial charge on any atom is 0.409 e. The summed E-state index contributed by atoms with van der Waals surface area (Å²) in [5, 5.41) is 5.99. The van der Waals surface area contributed by atoms with E-state index in [-0.39, 0.29) is 23.3 Å². The van der Waals surface area contributed by atoms with E-state index in [4.69, 9.17) is 9.47 Å². The molecule has 0 bridgehead atoms. The lowest BCUT2D eigenvalue weighted by molar-refractivity contribution is -0.124. The molecule has 2 aliphatic rings. The summed E-state index contributed by atoms with van der Waals surface area (Å²) in [6, 6.07) is 7.59. The Morgan fingerprint density at radius 1 is 1.26 bits per heavy atom. The molecule has 0 aromatic heterocycles. The van der Waals surface area contributed by atoms with Crippen molar-refractivity contribution in [1.29, 1.82) is 0 Å². The minimum Gasteiger partial charge on any atom is -0.450 e. The number of fused-ring (bicyclic) bond motifs is 1. The highest BCUT2D eigenvalue weighted by Crippen LogP contribution is 2.30. The van der Waals surface area contributed by atoms with E-state index < -0.39 is 6.35 Å². The number of carbonyl (C=O) groups is 2. The number of likely N-dealkylation sites (tertiary alicyclic amines) is 1. The Labute approximate surface area is 160 Å². The van der Waals surface area contributed by atoms with Gasteiger partial charge in [0, 0.05) is 19.5 Å². The van der Waals surface area contributed by atoms with E-state index in [1.807, 2.05) is 45.0 Å². The van der Waals surface area contributed by atoms with E-state index in [0.29, 0.717) is 26.1 Å². The largest absolute Gasteiger partial charge is 0.450 e. The van der Waals surface area contributed by atoms with Crippen molar-refractivity contribution in [2.75, 3.05) is 25.0 Å². The first kappa shape index (κ1) is 19.3. The summed E-state index contributed by atoms with van der Waals surface area (Å²) in [5.74, 6) is 0.958. The molecule has 7 heteroatoms. The molecule has 2 aliphatic heterocycles. The van der Waals surface area contributed by atoms with Crippen molar-refractivity contribution < 1.29 is 19.1 Å². The normalized spacial score (nSPS) is 19.7. The number of carbonyl (C=O) groups excluding carboxylic acids is 2. The van der Waals surface area contributed by atoms with Gasteiger partial charge < -0.3 is 25.0 Å². The number of hydrogen-bond donors (Lipinski definition) is 2. The fourth-order valence-corrected chi connectivity index (χ4v) is 3.21. The van der Waals surface area contributed by atoms with Crippen molar-refractivity contribution in [3.8, 4) is 5.75 Å². The van der Waals surface area contributed by atoms with Crippen molar-refractivity contribution in [2.45, 2.75) is 46.4 Å². The topological polar surface area (TPSA) is 79.9 Å². The molecule has 7 nitrogen and oxygen atoms in total. The van der Waals surface area contributed by atoms with E-state index in [1.165, 1.54) is 0 Å². The molecule has 148 valence electrons. The van der Waals surface area contributed by atoms with Crippen LogP contribution in [-0.4, -0.2) is 42.9 Å². The third-order valence-electron chi connectivity index (χ3n) is 4.69. The summed E-state index contributed by atoms with van der Waals surface area (Å²) in [5.41, 5.74) is 0.840. The molecule has 27 heavy (non-hydrogen) atoms. The minimum absolute atomic E-state index is 0.0396. The lowest BCUT2D eigenvalue weighted by Crippen LogP contribution is -2.44. The van der Waals surface area contributed by atoms with Gasteiger partial charge in [-0.15, -0.1) is 0 Å². The maximum atomic E-state index is 12.3. The fraction of sp³-hybridized carbons (Fsp3) is 0.600. The number of hydrogen-bond acceptors (Lipinski definition) is 5. The molecular formula is C20H29N3O4. The number of nitrogens with one attached hydrogen (secondary N) is 2. The van der Waals surface area contributed by atoms with E-state index in [0.717, 1.165) is 24.3 Å². The molecule has 0 spiro atoms. The number of anilines is 1. The molecule has 1 aromatic carbocycles. The van der Waals surface area contributed by atoms with Crippen LogP contribution in [0, 0.1) is 11.3 Å². The standard InChI is InChI=1S/C20H29N3O4/c1-20(2,3)13-26-19(25)23-10-8-14(9-11-23)12-17(24)22-18-21-15-6-4-5-7-16(15)27-18/h4-7,14,18,21H,8-13H2,1-3H3,(H,22,24). The zero-order chi connectivity index (χ0) is 19.4. The molecular weight excluding hydrogens is 346 g/mol. The summed E-state index contributed by atoms with van der Waals surface area (Å²) < 4.78 is 11.0. The number of ether oxygens (including phenoxy) is 2. The van der Waals surface area contributed by atoms with Gasteiger partial charge in [-0.05, 0) is 36.3 Å². The molecule has 1 fully saturated rings. The Bertz CT molecular complexity index is 653. The van der Waals surface area contributed by atoms with Crippen LogP contribution >= 0.6 is 0 Å². The van der Waals surface area contributed by atoms with Gasteiger partial charge >= 0.3 is 6.09 Å². The van der Waals surface area contributed by atoms with Crippen LogP contribution in [0.15, 0.2) is 24.3 Å². The Morgan fingerprint density at radius 3 is 2.63 bits per heavy atom. The molecule has 1 aromatic rings. The van der Waals surface area contributed by atoms with Gasteiger partial charge in [0.15, 0.2) is 0 Å². The van der Waals surface area contributed by atoms with Crippen LogP contribution in [0.5, 0.6) is 5.75 Å². The van der Waals surface area contributed by atoms with Crippen LogP contribution in [0.25, 0.3) is 0 Å². The lowest BCUT2D eigenvalue weighted by Gasteiger charge is -2.32. The van der Waals surface area contributed by atoms with Crippen LogP contribution in [0.2, 0.25) is 0 Å². The van der Waals surface area contributed by atoms with Crippen LogP contribution in [0.4, 0.5) is 10.5 Å². The third kappa shape index (κ3) is 5.52. The molecule has 3 rings (SSSR count). The first-order valence-electron chi connectivity index (χ1n) is 9.53. The van der Waals surface area contributed by atoms with Crippen LogP contribution < -0.4 is 15.4 Å². The Morgan fingerprint density at radius 2 is 1.96 bits per heavy atom. The van der Waals surface area contributed by atoms with Crippen molar-refractivity contribution in [3.63, 3.8) is 0 Å². The molecule has 1 unspecified atom stereocenters. The van der Waals surface area contributed by atoms with Gasteiger partial charge in [-0.25, -0.2) is 4.79 Å². The second-order valence-corrected chi connectivity index (χ2v) is 8.46. The summed E-state index contributed by atoms with van der Waals surface area (Å²) in [6.45, 7) is 7.77. The lowest BCUT2D eigenvalue weighted by atomic mass is 9.93. The predicted octanol–water partition coefficient (Wildman–Crippen LogP) is 3.18. The van der Waals surface area contributed by atoms with Crippen molar-refractivity contribution in [3.05, 3.63) is 24.3 Å². The highest BCUT2D eigenvalue weighted by Gasteiger charge is 2.28. The van der Waals surface area contributed by atoms with Crippen molar-refractivity contribution >= 4 is 17.7 Å². The van der Waals surface area contributed by atoms with Crippen molar-refractivity contribution in [1.82, 2.24) is 10.2 Å². The quantitative estimate of drug-likeness (QED) is 0.845. The number of para-hydroxylation sites is 2. The second kappa shape index (κ2) is 8.06. The highest BCUT2D eigenvalue weighted by atomic mass is 16.6. The number of rotatable bonds is 4. The molecule has 2 heterocycles. The highest BCUT2D eigenvalue weighted by molar-refractivity contribution is 5.77. The molecule has 0 saturated carbocycles. The summed E-state index contributed by atoms with van der Waals surface area (Å²) >= 11 is 0. The first-order valence-corrected chi connectivity index (χ1v) is 9.53. The zero-order valence-corrected chi connectivity index (χ0v) is 16.3. The fourth-order valence-electron chi connectivity index (χ4n) is 3.21. The Hall–Kier alpha value is -2.44. The smallest absolute Gasteiger partial charge is 0.409 e. The predicted molar refractivity (Wildman–Crippen MR) is 102 cm³/mol.